The third kappa shape index (κ3) is 5.32. The molecule has 2 aliphatic rings. The molecule has 4 heteroatoms. The molecule has 1 aliphatic heterocycles. The fourth-order valence-corrected chi connectivity index (χ4v) is 6.67. The molecule has 3 atom stereocenters. The highest BCUT2D eigenvalue weighted by Gasteiger charge is 2.38. The first-order valence-corrected chi connectivity index (χ1v) is 11.2. The van der Waals surface area contributed by atoms with E-state index in [2.05, 4.69) is 42.6 Å². The van der Waals surface area contributed by atoms with Crippen molar-refractivity contribution in [3.05, 3.63) is 12.2 Å². The van der Waals surface area contributed by atoms with E-state index in [4.69, 9.17) is 0 Å². The molecule has 134 valence electrons. The van der Waals surface area contributed by atoms with Gasteiger partial charge in [-0.2, -0.15) is 0 Å². The van der Waals surface area contributed by atoms with Gasteiger partial charge in [-0.05, 0) is 58.3 Å². The number of hydrogen-bond donors (Lipinski definition) is 1. The van der Waals surface area contributed by atoms with Crippen LogP contribution >= 0.6 is 0 Å². The molecule has 23 heavy (non-hydrogen) atoms. The SMILES string of the molecule is CC(C)NC1CCCC/C=C\CCC(C)(S2(=O)=NCCC2)CC1. The zero-order valence-corrected chi connectivity index (χ0v) is 16.2. The Balaban J connectivity index is 2.15. The summed E-state index contributed by atoms with van der Waals surface area (Å²) in [6, 6.07) is 1.07. The fraction of sp³-hybridized carbons (Fsp3) is 0.895. The molecule has 0 aromatic rings. The van der Waals surface area contributed by atoms with Crippen molar-refractivity contribution >= 4 is 9.73 Å². The van der Waals surface area contributed by atoms with E-state index in [0.717, 1.165) is 44.4 Å². The van der Waals surface area contributed by atoms with Gasteiger partial charge in [0.2, 0.25) is 0 Å². The van der Waals surface area contributed by atoms with Crippen LogP contribution in [-0.2, 0) is 9.73 Å². The molecule has 0 aromatic heterocycles. The van der Waals surface area contributed by atoms with Crippen molar-refractivity contribution in [1.29, 1.82) is 0 Å². The summed E-state index contributed by atoms with van der Waals surface area (Å²) < 4.78 is 17.9. The van der Waals surface area contributed by atoms with Gasteiger partial charge < -0.3 is 5.32 Å². The maximum atomic E-state index is 13.4. The molecule has 2 rings (SSSR count). The van der Waals surface area contributed by atoms with E-state index in [0.29, 0.717) is 12.1 Å². The lowest BCUT2D eigenvalue weighted by Crippen LogP contribution is -2.40. The lowest BCUT2D eigenvalue weighted by molar-refractivity contribution is 0.369. The molecule has 0 radical (unpaired) electrons. The summed E-state index contributed by atoms with van der Waals surface area (Å²) in [6.07, 6.45) is 14.9. The van der Waals surface area contributed by atoms with Crippen LogP contribution in [0.5, 0.6) is 0 Å². The minimum absolute atomic E-state index is 0.121. The predicted octanol–water partition coefficient (Wildman–Crippen LogP) is 4.67. The van der Waals surface area contributed by atoms with E-state index in [1.807, 2.05) is 0 Å². The van der Waals surface area contributed by atoms with E-state index in [-0.39, 0.29) is 4.75 Å². The van der Waals surface area contributed by atoms with Crippen molar-refractivity contribution < 1.29 is 4.21 Å². The first-order valence-electron chi connectivity index (χ1n) is 9.56. The van der Waals surface area contributed by atoms with Crippen molar-refractivity contribution in [2.45, 2.75) is 95.4 Å². The molecule has 0 saturated carbocycles. The summed E-state index contributed by atoms with van der Waals surface area (Å²) in [5, 5.41) is 3.73. The largest absolute Gasteiger partial charge is 0.312 e. The topological polar surface area (TPSA) is 41.5 Å². The van der Waals surface area contributed by atoms with Crippen LogP contribution in [0.1, 0.15) is 78.6 Å². The van der Waals surface area contributed by atoms with Crippen LogP contribution in [0.4, 0.5) is 0 Å². The molecule has 0 spiro atoms. The van der Waals surface area contributed by atoms with Gasteiger partial charge in [0, 0.05) is 24.4 Å². The zero-order chi connectivity index (χ0) is 16.8. The van der Waals surface area contributed by atoms with Crippen LogP contribution in [0.2, 0.25) is 0 Å². The highest BCUT2D eigenvalue weighted by atomic mass is 32.2. The van der Waals surface area contributed by atoms with Crippen LogP contribution in [0.3, 0.4) is 0 Å². The first-order chi connectivity index (χ1) is 11.0. The van der Waals surface area contributed by atoms with E-state index in [1.165, 1.54) is 25.7 Å². The normalized spacial score (nSPS) is 38.5. The van der Waals surface area contributed by atoms with Gasteiger partial charge in [0.1, 0.15) is 0 Å². The minimum atomic E-state index is -2.03. The highest BCUT2D eigenvalue weighted by Crippen LogP contribution is 2.35. The third-order valence-corrected chi connectivity index (χ3v) is 8.81. The lowest BCUT2D eigenvalue weighted by Gasteiger charge is -2.33. The molecule has 1 N–H and O–H groups in total. The molecule has 0 amide bonds. The van der Waals surface area contributed by atoms with Gasteiger partial charge in [-0.15, -0.1) is 0 Å². The Morgan fingerprint density at radius 3 is 2.61 bits per heavy atom. The second-order valence-electron chi connectivity index (χ2n) is 7.85. The Morgan fingerprint density at radius 2 is 1.91 bits per heavy atom. The van der Waals surface area contributed by atoms with Crippen LogP contribution in [-0.4, -0.2) is 33.3 Å². The second kappa shape index (κ2) is 8.66. The summed E-state index contributed by atoms with van der Waals surface area (Å²) in [5.74, 6) is 0.815. The van der Waals surface area contributed by atoms with Crippen LogP contribution < -0.4 is 5.32 Å². The van der Waals surface area contributed by atoms with Crippen molar-refractivity contribution in [2.75, 3.05) is 12.3 Å². The van der Waals surface area contributed by atoms with Crippen LogP contribution in [0, 0.1) is 0 Å². The standard InChI is InChI=1S/C19H36N2OS/c1-17(2)21-18-11-8-6-4-5-7-9-13-19(3,14-12-18)23(22)16-10-15-20-23/h5,7,17-18,21H,4,6,8-16H2,1-3H3/b7-5-. The minimum Gasteiger partial charge on any atom is -0.312 e. The molecule has 1 aliphatic carbocycles. The van der Waals surface area contributed by atoms with Gasteiger partial charge in [-0.25, -0.2) is 8.57 Å². The molecule has 3 unspecified atom stereocenters. The van der Waals surface area contributed by atoms with Gasteiger partial charge in [0.05, 0.1) is 14.5 Å². The van der Waals surface area contributed by atoms with Gasteiger partial charge in [-0.3, -0.25) is 0 Å². The Hall–Kier alpha value is -0.350. The number of nitrogens with zero attached hydrogens (tertiary/aromatic N) is 1. The smallest absolute Gasteiger partial charge is 0.0523 e. The lowest BCUT2D eigenvalue weighted by atomic mass is 9.92. The molecule has 3 nitrogen and oxygen atoms in total. The Kier molecular flexibility index (Phi) is 7.15. The van der Waals surface area contributed by atoms with E-state index in [9.17, 15) is 4.21 Å². The predicted molar refractivity (Wildman–Crippen MR) is 101 cm³/mol. The van der Waals surface area contributed by atoms with E-state index >= 15 is 0 Å². The maximum absolute atomic E-state index is 13.4. The van der Waals surface area contributed by atoms with Gasteiger partial charge in [-0.1, -0.05) is 32.4 Å². The van der Waals surface area contributed by atoms with Crippen molar-refractivity contribution in [3.8, 4) is 0 Å². The van der Waals surface area contributed by atoms with Crippen molar-refractivity contribution in [1.82, 2.24) is 5.32 Å². The molecule has 0 bridgehead atoms. The average Bonchev–Trinajstić information content (AvgIpc) is 2.94. The van der Waals surface area contributed by atoms with Crippen molar-refractivity contribution in [2.24, 2.45) is 4.36 Å². The summed E-state index contributed by atoms with van der Waals surface area (Å²) >= 11 is 0. The van der Waals surface area contributed by atoms with Crippen LogP contribution in [0.25, 0.3) is 0 Å². The molecule has 0 saturated heterocycles. The molecular formula is C19H36N2OS. The van der Waals surface area contributed by atoms with E-state index < -0.39 is 9.73 Å². The quantitative estimate of drug-likeness (QED) is 0.758. The highest BCUT2D eigenvalue weighted by molar-refractivity contribution is 7.95. The number of nitrogens with one attached hydrogen (secondary N) is 1. The number of hydrogen-bond acceptors (Lipinski definition) is 3. The zero-order valence-electron chi connectivity index (χ0n) is 15.4. The Morgan fingerprint density at radius 1 is 1.13 bits per heavy atom. The number of allylic oxidation sites excluding steroid dienone is 2. The van der Waals surface area contributed by atoms with Gasteiger partial charge >= 0.3 is 0 Å². The number of rotatable bonds is 3. The van der Waals surface area contributed by atoms with Crippen LogP contribution in [0.15, 0.2) is 16.5 Å². The Labute approximate surface area is 143 Å². The summed E-state index contributed by atoms with van der Waals surface area (Å²) in [6.45, 7) is 7.50. The first kappa shape index (κ1) is 19.0. The van der Waals surface area contributed by atoms with Gasteiger partial charge in [0.25, 0.3) is 0 Å². The van der Waals surface area contributed by atoms with E-state index in [1.54, 1.807) is 0 Å². The monoisotopic (exact) mass is 340 g/mol. The molecule has 0 aromatic carbocycles. The summed E-state index contributed by atoms with van der Waals surface area (Å²) in [5.41, 5.74) is 0. The average molecular weight is 341 g/mol. The summed E-state index contributed by atoms with van der Waals surface area (Å²) in [4.78, 5) is 0. The molecule has 1 heterocycles. The maximum Gasteiger partial charge on any atom is 0.0523 e. The third-order valence-electron chi connectivity index (χ3n) is 5.42. The second-order valence-corrected chi connectivity index (χ2v) is 10.8. The Bertz CT molecular complexity index is 505. The van der Waals surface area contributed by atoms with Crippen molar-refractivity contribution in [3.63, 3.8) is 0 Å². The molecule has 0 fully saturated rings. The fourth-order valence-electron chi connectivity index (χ4n) is 3.92. The summed E-state index contributed by atoms with van der Waals surface area (Å²) in [7, 11) is -2.03. The molecular weight excluding hydrogens is 304 g/mol. The van der Waals surface area contributed by atoms with Gasteiger partial charge in [0.15, 0.2) is 0 Å².